The largest absolute Gasteiger partial charge is 0.476 e. The van der Waals surface area contributed by atoms with Crippen molar-refractivity contribution in [2.45, 2.75) is 33.2 Å². The second kappa shape index (κ2) is 8.00. The lowest BCUT2D eigenvalue weighted by atomic mass is 10.0. The van der Waals surface area contributed by atoms with Gasteiger partial charge in [-0.05, 0) is 43.7 Å². The molecule has 0 bridgehead atoms. The van der Waals surface area contributed by atoms with Crippen molar-refractivity contribution < 1.29 is 9.90 Å². The summed E-state index contributed by atoms with van der Waals surface area (Å²) >= 11 is 5.89. The minimum Gasteiger partial charge on any atom is -0.476 e. The number of halogens is 1. The van der Waals surface area contributed by atoms with Crippen LogP contribution in [0.4, 0.5) is 5.69 Å². The Labute approximate surface area is 184 Å². The number of hydrogen-bond donors (Lipinski definition) is 2. The van der Waals surface area contributed by atoms with Crippen LogP contribution in [0.3, 0.4) is 0 Å². The van der Waals surface area contributed by atoms with Crippen LogP contribution in [-0.4, -0.2) is 30.4 Å². The number of benzene rings is 1. The molecule has 0 aliphatic rings. The van der Waals surface area contributed by atoms with E-state index in [9.17, 15) is 9.90 Å². The summed E-state index contributed by atoms with van der Waals surface area (Å²) in [6.45, 7) is 9.86. The molecule has 4 rings (SSSR count). The molecule has 0 amide bonds. The third-order valence-corrected chi connectivity index (χ3v) is 5.41. The highest BCUT2D eigenvalue weighted by Crippen LogP contribution is 2.31. The van der Waals surface area contributed by atoms with Crippen LogP contribution in [0.15, 0.2) is 37.0 Å². The van der Waals surface area contributed by atoms with Gasteiger partial charge in [0.05, 0.1) is 22.9 Å². The predicted octanol–water partition coefficient (Wildman–Crippen LogP) is 5.32. The number of fused-ring (bicyclic) bond motifs is 3. The van der Waals surface area contributed by atoms with Crippen molar-refractivity contribution in [3.8, 4) is 0 Å². The van der Waals surface area contributed by atoms with E-state index in [0.29, 0.717) is 5.69 Å². The first-order valence-corrected chi connectivity index (χ1v) is 10.3. The van der Waals surface area contributed by atoms with Gasteiger partial charge in [0, 0.05) is 23.6 Å². The van der Waals surface area contributed by atoms with Gasteiger partial charge in [0.1, 0.15) is 16.6 Å². The SMILES string of the molecule is C=Cc1cn2c(CC)nc3c([C@@H](C)Nc4ccc(Cl)nc4C(=O)O)cc(C)cc3c2n1. The minimum atomic E-state index is -1.14. The fourth-order valence-electron chi connectivity index (χ4n) is 3.77. The highest BCUT2D eigenvalue weighted by molar-refractivity contribution is 6.29. The number of anilines is 1. The Hall–Kier alpha value is -3.45. The Kier molecular flexibility index (Phi) is 5.37. The Bertz CT molecular complexity index is 1350. The monoisotopic (exact) mass is 435 g/mol. The molecule has 0 radical (unpaired) electrons. The second-order valence-corrected chi connectivity index (χ2v) is 7.78. The quantitative estimate of drug-likeness (QED) is 0.398. The van der Waals surface area contributed by atoms with Crippen LogP contribution in [0.25, 0.3) is 22.6 Å². The molecule has 0 aliphatic carbocycles. The standard InChI is InChI=1S/C23H22ClN5O2/c1-5-14-11-29-19(6-2)28-20-15(9-12(3)10-16(20)22(29)26-14)13(4)25-17-7-8-18(24)27-21(17)23(30)31/h5,7-11,13,25H,1,6H2,2-4H3,(H,30,31)/t13-/m1/s1. The normalized spacial score (nSPS) is 12.3. The smallest absolute Gasteiger partial charge is 0.356 e. The van der Waals surface area contributed by atoms with Gasteiger partial charge in [-0.1, -0.05) is 31.2 Å². The van der Waals surface area contributed by atoms with Crippen molar-refractivity contribution in [2.24, 2.45) is 0 Å². The molecule has 1 atom stereocenters. The number of imidazole rings is 1. The van der Waals surface area contributed by atoms with Gasteiger partial charge in [0.25, 0.3) is 0 Å². The molecule has 7 nitrogen and oxygen atoms in total. The Morgan fingerprint density at radius 3 is 2.77 bits per heavy atom. The lowest BCUT2D eigenvalue weighted by Gasteiger charge is -2.20. The molecule has 0 unspecified atom stereocenters. The third-order valence-electron chi connectivity index (χ3n) is 5.20. The number of aromatic carboxylic acids is 1. The van der Waals surface area contributed by atoms with Crippen LogP contribution in [0.1, 0.15) is 53.0 Å². The van der Waals surface area contributed by atoms with E-state index in [1.54, 1.807) is 18.2 Å². The van der Waals surface area contributed by atoms with Crippen LogP contribution in [0, 0.1) is 6.92 Å². The summed E-state index contributed by atoms with van der Waals surface area (Å²) in [5, 5.41) is 13.8. The summed E-state index contributed by atoms with van der Waals surface area (Å²) in [4.78, 5) is 25.2. The fraction of sp³-hybridized carbons (Fsp3) is 0.217. The van der Waals surface area contributed by atoms with E-state index in [1.807, 2.05) is 24.4 Å². The number of carboxylic acid groups (broad SMARTS) is 1. The van der Waals surface area contributed by atoms with Crippen LogP contribution in [0.5, 0.6) is 0 Å². The van der Waals surface area contributed by atoms with Crippen LogP contribution in [0.2, 0.25) is 5.15 Å². The maximum Gasteiger partial charge on any atom is 0.356 e. The van der Waals surface area contributed by atoms with Gasteiger partial charge >= 0.3 is 5.97 Å². The molecule has 3 heterocycles. The molecule has 4 aromatic rings. The zero-order valence-electron chi connectivity index (χ0n) is 17.5. The maximum atomic E-state index is 11.6. The first-order valence-electron chi connectivity index (χ1n) is 9.93. The van der Waals surface area contributed by atoms with Gasteiger partial charge in [-0.25, -0.2) is 19.7 Å². The van der Waals surface area contributed by atoms with E-state index < -0.39 is 5.97 Å². The lowest BCUT2D eigenvalue weighted by Crippen LogP contribution is -2.13. The number of carbonyl (C=O) groups is 1. The van der Waals surface area contributed by atoms with E-state index in [0.717, 1.165) is 45.6 Å². The van der Waals surface area contributed by atoms with E-state index in [1.165, 1.54) is 0 Å². The van der Waals surface area contributed by atoms with E-state index in [-0.39, 0.29) is 16.9 Å². The predicted molar refractivity (Wildman–Crippen MR) is 123 cm³/mol. The average molecular weight is 436 g/mol. The van der Waals surface area contributed by atoms with Crippen LogP contribution in [-0.2, 0) is 6.42 Å². The van der Waals surface area contributed by atoms with Crippen LogP contribution < -0.4 is 5.32 Å². The molecule has 2 N–H and O–H groups in total. The van der Waals surface area contributed by atoms with Crippen molar-refractivity contribution in [2.75, 3.05) is 5.32 Å². The number of nitrogens with zero attached hydrogens (tertiary/aromatic N) is 4. The zero-order valence-corrected chi connectivity index (χ0v) is 18.2. The molecule has 0 saturated heterocycles. The molecular weight excluding hydrogens is 414 g/mol. The molecule has 0 fully saturated rings. The van der Waals surface area contributed by atoms with Gasteiger partial charge < -0.3 is 10.4 Å². The van der Waals surface area contributed by atoms with E-state index in [2.05, 4.69) is 35.9 Å². The van der Waals surface area contributed by atoms with Crippen molar-refractivity contribution in [3.63, 3.8) is 0 Å². The van der Waals surface area contributed by atoms with E-state index >= 15 is 0 Å². The number of carboxylic acids is 1. The third kappa shape index (κ3) is 3.72. The molecule has 0 aliphatic heterocycles. The van der Waals surface area contributed by atoms with Crippen molar-refractivity contribution in [1.29, 1.82) is 0 Å². The lowest BCUT2D eigenvalue weighted by molar-refractivity contribution is 0.0691. The number of aromatic nitrogens is 4. The van der Waals surface area contributed by atoms with Crippen LogP contribution >= 0.6 is 11.6 Å². The molecule has 158 valence electrons. The summed E-state index contributed by atoms with van der Waals surface area (Å²) in [6, 6.07) is 7.08. The second-order valence-electron chi connectivity index (χ2n) is 7.40. The molecule has 31 heavy (non-hydrogen) atoms. The van der Waals surface area contributed by atoms with Gasteiger partial charge in [-0.15, -0.1) is 0 Å². The highest BCUT2D eigenvalue weighted by atomic mass is 35.5. The van der Waals surface area contributed by atoms with Gasteiger partial charge in [0.15, 0.2) is 5.69 Å². The summed E-state index contributed by atoms with van der Waals surface area (Å²) in [7, 11) is 0. The Balaban J connectivity index is 1.90. The number of hydrogen-bond acceptors (Lipinski definition) is 5. The summed E-state index contributed by atoms with van der Waals surface area (Å²) in [6.07, 6.45) is 4.40. The topological polar surface area (TPSA) is 92.4 Å². The number of pyridine rings is 1. The number of nitrogens with one attached hydrogen (secondary N) is 1. The molecular formula is C23H22ClN5O2. The number of rotatable bonds is 6. The Morgan fingerprint density at radius 2 is 2.10 bits per heavy atom. The zero-order chi connectivity index (χ0) is 22.3. The van der Waals surface area contributed by atoms with Crippen molar-refractivity contribution >= 4 is 45.9 Å². The van der Waals surface area contributed by atoms with Gasteiger partial charge in [-0.3, -0.25) is 4.40 Å². The molecule has 1 aromatic carbocycles. The van der Waals surface area contributed by atoms with Gasteiger partial charge in [-0.2, -0.15) is 0 Å². The molecule has 0 spiro atoms. The van der Waals surface area contributed by atoms with Crippen molar-refractivity contribution in [3.05, 3.63) is 70.5 Å². The number of aryl methyl sites for hydroxylation is 2. The first kappa shape index (κ1) is 20.8. The van der Waals surface area contributed by atoms with Crippen molar-refractivity contribution in [1.82, 2.24) is 19.4 Å². The summed E-state index contributed by atoms with van der Waals surface area (Å²) in [5.41, 5.74) is 4.72. The Morgan fingerprint density at radius 1 is 1.32 bits per heavy atom. The summed E-state index contributed by atoms with van der Waals surface area (Å²) in [5.74, 6) is -0.256. The fourth-order valence-corrected chi connectivity index (χ4v) is 3.92. The van der Waals surface area contributed by atoms with E-state index in [4.69, 9.17) is 21.6 Å². The van der Waals surface area contributed by atoms with Gasteiger partial charge in [0.2, 0.25) is 0 Å². The molecule has 8 heteroatoms. The molecule has 3 aromatic heterocycles. The highest BCUT2D eigenvalue weighted by Gasteiger charge is 2.20. The first-order chi connectivity index (χ1) is 14.8. The summed E-state index contributed by atoms with van der Waals surface area (Å²) < 4.78 is 2.01. The minimum absolute atomic E-state index is 0.121. The average Bonchev–Trinajstić information content (AvgIpc) is 3.18. The molecule has 0 saturated carbocycles. The maximum absolute atomic E-state index is 11.6.